The van der Waals surface area contributed by atoms with Crippen LogP contribution in [0, 0.1) is 5.92 Å². The van der Waals surface area contributed by atoms with Gasteiger partial charge in [0, 0.05) is 30.5 Å². The number of nitrogens with one attached hydrogen (secondary N) is 1. The summed E-state index contributed by atoms with van der Waals surface area (Å²) in [5, 5.41) is 1.10. The van der Waals surface area contributed by atoms with Crippen molar-refractivity contribution in [2.45, 2.75) is 37.6 Å². The number of carbonyl (C=O) groups excluding carboxylic acids is 1. The molecule has 0 spiro atoms. The monoisotopic (exact) mass is 420 g/mol. The third-order valence-electron chi connectivity index (χ3n) is 4.63. The molecule has 0 bridgehead atoms. The number of piperidine rings is 1. The number of carbonyl (C=O) groups is 1. The van der Waals surface area contributed by atoms with Crippen LogP contribution in [0.1, 0.15) is 42.6 Å². The normalized spacial score (nSPS) is 14.9. The molecule has 0 unspecified atom stereocenters. The maximum atomic E-state index is 12.0. The molecule has 0 aliphatic carbocycles. The molecule has 8 heteroatoms. The van der Waals surface area contributed by atoms with Crippen LogP contribution in [0.2, 0.25) is 5.15 Å². The number of nitrogens with zero attached hydrogens (tertiary/aromatic N) is 3. The molecule has 0 atom stereocenters. The number of thioether (sulfide) groups is 1. The summed E-state index contributed by atoms with van der Waals surface area (Å²) in [5.41, 5.74) is 3.97. The van der Waals surface area contributed by atoms with E-state index in [1.165, 1.54) is 24.6 Å². The fourth-order valence-corrected chi connectivity index (χ4v) is 4.02. The van der Waals surface area contributed by atoms with Gasteiger partial charge < -0.3 is 4.90 Å². The van der Waals surface area contributed by atoms with Crippen molar-refractivity contribution in [3.05, 3.63) is 46.6 Å². The minimum Gasteiger partial charge on any atom is -0.356 e. The maximum absolute atomic E-state index is 12.0. The van der Waals surface area contributed by atoms with Gasteiger partial charge in [-0.3, -0.25) is 9.63 Å². The average molecular weight is 421 g/mol. The fourth-order valence-electron chi connectivity index (χ4n) is 3.00. The van der Waals surface area contributed by atoms with Crippen molar-refractivity contribution in [1.29, 1.82) is 0 Å². The van der Waals surface area contributed by atoms with Crippen LogP contribution in [0.5, 0.6) is 0 Å². The SMILES string of the molecule is CCONC(=O)c1cccc(CSc2nc(Cl)cc(N3CCC(C)CC3)n2)c1. The predicted molar refractivity (Wildman–Crippen MR) is 113 cm³/mol. The molecular formula is C20H25ClN4O2S. The van der Waals surface area contributed by atoms with Crippen LogP contribution in [0.4, 0.5) is 5.82 Å². The van der Waals surface area contributed by atoms with Gasteiger partial charge in [0.25, 0.3) is 5.91 Å². The lowest BCUT2D eigenvalue weighted by atomic mass is 9.99. The maximum Gasteiger partial charge on any atom is 0.274 e. The molecule has 150 valence electrons. The van der Waals surface area contributed by atoms with Gasteiger partial charge in [0.05, 0.1) is 6.61 Å². The first-order valence-corrected chi connectivity index (χ1v) is 10.8. The van der Waals surface area contributed by atoms with Gasteiger partial charge in [0.2, 0.25) is 0 Å². The van der Waals surface area contributed by atoms with Crippen LogP contribution in [-0.4, -0.2) is 35.6 Å². The standard InChI is InChI=1S/C20H25ClN4O2S/c1-3-27-24-19(26)16-6-4-5-15(11-16)13-28-20-22-17(21)12-18(23-20)25-9-7-14(2)8-10-25/h4-6,11-12,14H,3,7-10,13H2,1-2H3,(H,24,26). The molecule has 1 aromatic carbocycles. The zero-order valence-corrected chi connectivity index (χ0v) is 17.7. The molecule has 1 N–H and O–H groups in total. The third kappa shape index (κ3) is 5.83. The van der Waals surface area contributed by atoms with Gasteiger partial charge in [-0.25, -0.2) is 15.4 Å². The lowest BCUT2D eigenvalue weighted by molar-refractivity contribution is 0.0364. The average Bonchev–Trinajstić information content (AvgIpc) is 2.71. The van der Waals surface area contributed by atoms with Gasteiger partial charge in [0.1, 0.15) is 11.0 Å². The number of hydrogen-bond acceptors (Lipinski definition) is 6. The van der Waals surface area contributed by atoms with E-state index < -0.39 is 0 Å². The number of benzene rings is 1. The van der Waals surface area contributed by atoms with E-state index >= 15 is 0 Å². The molecule has 2 aromatic rings. The van der Waals surface area contributed by atoms with E-state index in [1.54, 1.807) is 6.07 Å². The number of anilines is 1. The Morgan fingerprint density at radius 3 is 2.86 bits per heavy atom. The van der Waals surface area contributed by atoms with Gasteiger partial charge >= 0.3 is 0 Å². The lowest BCUT2D eigenvalue weighted by Crippen LogP contribution is -2.33. The summed E-state index contributed by atoms with van der Waals surface area (Å²) >= 11 is 7.75. The third-order valence-corrected chi connectivity index (χ3v) is 5.75. The Balaban J connectivity index is 1.65. The Bertz CT molecular complexity index is 813. The summed E-state index contributed by atoms with van der Waals surface area (Å²) in [6.45, 7) is 6.52. The van der Waals surface area contributed by atoms with E-state index in [0.717, 1.165) is 30.4 Å². The van der Waals surface area contributed by atoms with E-state index in [4.69, 9.17) is 16.4 Å². The zero-order valence-electron chi connectivity index (χ0n) is 16.2. The molecule has 28 heavy (non-hydrogen) atoms. The van der Waals surface area contributed by atoms with Gasteiger partial charge in [-0.05, 0) is 43.4 Å². The van der Waals surface area contributed by atoms with Crippen molar-refractivity contribution in [2.24, 2.45) is 5.92 Å². The van der Waals surface area contributed by atoms with E-state index in [-0.39, 0.29) is 5.91 Å². The summed E-state index contributed by atoms with van der Waals surface area (Å²) < 4.78 is 0. The highest BCUT2D eigenvalue weighted by Crippen LogP contribution is 2.27. The number of halogens is 1. The second kappa shape index (κ2) is 10.1. The Labute approximate surface area is 175 Å². The van der Waals surface area contributed by atoms with Crippen molar-refractivity contribution in [2.75, 3.05) is 24.6 Å². The van der Waals surface area contributed by atoms with Crippen molar-refractivity contribution in [1.82, 2.24) is 15.4 Å². The molecule has 3 rings (SSSR count). The van der Waals surface area contributed by atoms with E-state index in [1.807, 2.05) is 31.2 Å². The van der Waals surface area contributed by atoms with Crippen LogP contribution in [0.3, 0.4) is 0 Å². The Hall–Kier alpha value is -1.83. The first-order chi connectivity index (χ1) is 13.5. The Morgan fingerprint density at radius 2 is 2.11 bits per heavy atom. The number of hydroxylamine groups is 1. The van der Waals surface area contributed by atoms with Crippen LogP contribution in [0.15, 0.2) is 35.5 Å². The smallest absolute Gasteiger partial charge is 0.274 e. The van der Waals surface area contributed by atoms with Crippen LogP contribution in [0.25, 0.3) is 0 Å². The number of amides is 1. The van der Waals surface area contributed by atoms with Crippen molar-refractivity contribution < 1.29 is 9.63 Å². The van der Waals surface area contributed by atoms with Gasteiger partial charge in [-0.1, -0.05) is 42.4 Å². The summed E-state index contributed by atoms with van der Waals surface area (Å²) in [7, 11) is 0. The second-order valence-electron chi connectivity index (χ2n) is 6.85. The highest BCUT2D eigenvalue weighted by Gasteiger charge is 2.18. The first kappa shape index (κ1) is 20.9. The minimum absolute atomic E-state index is 0.255. The highest BCUT2D eigenvalue weighted by atomic mass is 35.5. The first-order valence-electron chi connectivity index (χ1n) is 9.48. The van der Waals surface area contributed by atoms with E-state index in [0.29, 0.717) is 28.2 Å². The number of hydrogen-bond donors (Lipinski definition) is 1. The Kier molecular flexibility index (Phi) is 7.53. The molecule has 1 saturated heterocycles. The van der Waals surface area contributed by atoms with Gasteiger partial charge in [-0.15, -0.1) is 0 Å². The molecule has 1 amide bonds. The second-order valence-corrected chi connectivity index (χ2v) is 8.18. The zero-order chi connectivity index (χ0) is 19.9. The van der Waals surface area contributed by atoms with Crippen LogP contribution < -0.4 is 10.4 Å². The number of aromatic nitrogens is 2. The quantitative estimate of drug-likeness (QED) is 0.311. The molecule has 1 aliphatic heterocycles. The molecule has 6 nitrogen and oxygen atoms in total. The molecule has 1 aromatic heterocycles. The predicted octanol–water partition coefficient (Wildman–Crippen LogP) is 4.34. The van der Waals surface area contributed by atoms with Crippen LogP contribution >= 0.6 is 23.4 Å². The fraction of sp³-hybridized carbons (Fsp3) is 0.450. The van der Waals surface area contributed by atoms with Crippen molar-refractivity contribution in [3.8, 4) is 0 Å². The molecular weight excluding hydrogens is 396 g/mol. The largest absolute Gasteiger partial charge is 0.356 e. The van der Waals surface area contributed by atoms with Crippen LogP contribution in [-0.2, 0) is 10.6 Å². The van der Waals surface area contributed by atoms with Gasteiger partial charge in [0.15, 0.2) is 5.16 Å². The molecule has 0 radical (unpaired) electrons. The van der Waals surface area contributed by atoms with E-state index in [2.05, 4.69) is 27.3 Å². The van der Waals surface area contributed by atoms with Gasteiger partial charge in [-0.2, -0.15) is 0 Å². The minimum atomic E-state index is -0.255. The summed E-state index contributed by atoms with van der Waals surface area (Å²) in [4.78, 5) is 28.3. The molecule has 1 aliphatic rings. The lowest BCUT2D eigenvalue weighted by Gasteiger charge is -2.31. The Morgan fingerprint density at radius 1 is 1.32 bits per heavy atom. The topological polar surface area (TPSA) is 67.3 Å². The van der Waals surface area contributed by atoms with E-state index in [9.17, 15) is 4.79 Å². The summed E-state index contributed by atoms with van der Waals surface area (Å²) in [6, 6.07) is 9.27. The number of rotatable bonds is 7. The molecule has 2 heterocycles. The summed E-state index contributed by atoms with van der Waals surface area (Å²) in [6.07, 6.45) is 2.33. The molecule has 1 fully saturated rings. The molecule has 0 saturated carbocycles. The van der Waals surface area contributed by atoms with Crippen molar-refractivity contribution in [3.63, 3.8) is 0 Å². The summed E-state index contributed by atoms with van der Waals surface area (Å²) in [5.74, 6) is 2.04. The van der Waals surface area contributed by atoms with Crippen molar-refractivity contribution >= 4 is 35.1 Å². The highest BCUT2D eigenvalue weighted by molar-refractivity contribution is 7.98.